The topological polar surface area (TPSA) is 55.8 Å². The summed E-state index contributed by atoms with van der Waals surface area (Å²) in [5.74, 6) is 1.94. The van der Waals surface area contributed by atoms with Crippen LogP contribution in [0, 0.1) is 35.5 Å². The van der Waals surface area contributed by atoms with E-state index in [4.69, 9.17) is 9.47 Å². The van der Waals surface area contributed by atoms with Crippen molar-refractivity contribution >= 4 is 11.9 Å². The zero-order valence-corrected chi connectivity index (χ0v) is 16.8. The summed E-state index contributed by atoms with van der Waals surface area (Å²) in [4.78, 5) is 27.3. The zero-order valence-electron chi connectivity index (χ0n) is 16.8. The molecule has 0 aromatic heterocycles. The number of carbonyl (C=O) groups excluding carboxylic acids is 2. The van der Waals surface area contributed by atoms with Crippen molar-refractivity contribution in [1.82, 2.24) is 4.90 Å². The van der Waals surface area contributed by atoms with Gasteiger partial charge in [0.2, 0.25) is 0 Å². The van der Waals surface area contributed by atoms with Crippen LogP contribution in [0.5, 0.6) is 0 Å². The van der Waals surface area contributed by atoms with E-state index in [1.807, 2.05) is 6.92 Å². The molecular weight excluding hydrogens is 342 g/mol. The first-order valence-electron chi connectivity index (χ1n) is 11.2. The summed E-state index contributed by atoms with van der Waals surface area (Å²) in [6.07, 6.45) is 6.87. The average Bonchev–Trinajstić information content (AvgIpc) is 3.20. The fraction of sp³-hybridized carbons (Fsp3) is 0.909. The number of rotatable bonds is 2. The van der Waals surface area contributed by atoms with Crippen LogP contribution in [0.25, 0.3) is 0 Å². The van der Waals surface area contributed by atoms with Crippen molar-refractivity contribution in [2.45, 2.75) is 83.6 Å². The highest BCUT2D eigenvalue weighted by Gasteiger charge is 2.63. The molecule has 10 atom stereocenters. The quantitative estimate of drug-likeness (QED) is 0.695. The van der Waals surface area contributed by atoms with Crippen molar-refractivity contribution in [1.29, 1.82) is 0 Å². The minimum atomic E-state index is -0.0294. The highest BCUT2D eigenvalue weighted by molar-refractivity contribution is 5.75. The molecule has 0 N–H and O–H groups in total. The molecule has 0 bridgehead atoms. The van der Waals surface area contributed by atoms with Crippen LogP contribution in [0.1, 0.15) is 59.3 Å². The molecule has 0 unspecified atom stereocenters. The van der Waals surface area contributed by atoms with E-state index in [0.717, 1.165) is 25.8 Å². The molecular formula is C22H33NO4. The largest absolute Gasteiger partial charge is 0.462 e. The fourth-order valence-corrected chi connectivity index (χ4v) is 7.48. The van der Waals surface area contributed by atoms with E-state index in [1.54, 1.807) is 0 Å². The molecule has 0 aromatic carbocycles. The smallest absolute Gasteiger partial charge is 0.309 e. The molecule has 27 heavy (non-hydrogen) atoms. The van der Waals surface area contributed by atoms with Gasteiger partial charge in [-0.2, -0.15) is 0 Å². The molecule has 5 nitrogen and oxygen atoms in total. The highest BCUT2D eigenvalue weighted by Crippen LogP contribution is 2.57. The van der Waals surface area contributed by atoms with Crippen LogP contribution in [-0.2, 0) is 19.1 Å². The first-order valence-corrected chi connectivity index (χ1v) is 11.2. The highest BCUT2D eigenvalue weighted by atomic mass is 16.6. The van der Waals surface area contributed by atoms with Gasteiger partial charge in [0.15, 0.2) is 0 Å². The Balaban J connectivity index is 1.51. The predicted octanol–water partition coefficient (Wildman–Crippen LogP) is 3.01. The number of esters is 2. The summed E-state index contributed by atoms with van der Waals surface area (Å²) < 4.78 is 11.8. The fourth-order valence-electron chi connectivity index (χ4n) is 7.48. The van der Waals surface area contributed by atoms with Crippen LogP contribution in [0.2, 0.25) is 0 Å². The van der Waals surface area contributed by atoms with E-state index in [0.29, 0.717) is 35.8 Å². The van der Waals surface area contributed by atoms with Gasteiger partial charge in [-0.15, -0.1) is 0 Å². The average molecular weight is 376 g/mol. The third-order valence-electron chi connectivity index (χ3n) is 8.61. The third kappa shape index (κ3) is 2.53. The molecule has 0 spiro atoms. The second-order valence-corrected chi connectivity index (χ2v) is 9.81. The lowest BCUT2D eigenvalue weighted by molar-refractivity contribution is -0.148. The monoisotopic (exact) mass is 375 g/mol. The van der Waals surface area contributed by atoms with Gasteiger partial charge in [0, 0.05) is 23.9 Å². The SMILES string of the molecule is CC[C@@H]1[C@H]2CCCCN3[C@H]2[C@H](C[C@H]3[C@@H]2C[C@@H](C)C(=O)O2)[C@@H]2[C@H]1OC(=O)[C@H]2C. The standard InChI is InChI=1S/C22H33NO4/c1-4-13-14-7-5-6-8-23-16(17-9-11(2)21(24)26-17)10-15(19(14)23)18-12(3)22(25)27-20(13)18/h11-20H,4-10H2,1-3H3/t11-,12+,13-,14-,15-,16+,17+,18-,19-,20+/m1/s1. The van der Waals surface area contributed by atoms with E-state index in [2.05, 4.69) is 18.7 Å². The predicted molar refractivity (Wildman–Crippen MR) is 99.7 cm³/mol. The Morgan fingerprint density at radius 2 is 1.85 bits per heavy atom. The summed E-state index contributed by atoms with van der Waals surface area (Å²) in [6.45, 7) is 7.44. The van der Waals surface area contributed by atoms with Gasteiger partial charge in [-0.25, -0.2) is 0 Å². The van der Waals surface area contributed by atoms with Crippen molar-refractivity contribution in [3.05, 3.63) is 0 Å². The molecule has 5 rings (SSSR count). The summed E-state index contributed by atoms with van der Waals surface area (Å²) in [5.41, 5.74) is 0. The first-order chi connectivity index (χ1) is 13.0. The Morgan fingerprint density at radius 1 is 1.04 bits per heavy atom. The normalized spacial score (nSPS) is 52.1. The van der Waals surface area contributed by atoms with E-state index >= 15 is 0 Å². The van der Waals surface area contributed by atoms with Gasteiger partial charge in [0.1, 0.15) is 12.2 Å². The number of nitrogens with zero attached hydrogens (tertiary/aromatic N) is 1. The van der Waals surface area contributed by atoms with Crippen molar-refractivity contribution in [2.75, 3.05) is 6.54 Å². The Bertz CT molecular complexity index is 636. The van der Waals surface area contributed by atoms with Crippen LogP contribution in [0.15, 0.2) is 0 Å². The van der Waals surface area contributed by atoms with E-state index in [9.17, 15) is 9.59 Å². The Morgan fingerprint density at radius 3 is 2.56 bits per heavy atom. The van der Waals surface area contributed by atoms with Crippen LogP contribution in [0.4, 0.5) is 0 Å². The molecule has 1 saturated carbocycles. The molecule has 0 amide bonds. The maximum absolute atomic E-state index is 12.5. The zero-order chi connectivity index (χ0) is 18.9. The van der Waals surface area contributed by atoms with Crippen LogP contribution < -0.4 is 0 Å². The minimum Gasteiger partial charge on any atom is -0.462 e. The van der Waals surface area contributed by atoms with Crippen molar-refractivity contribution in [3.63, 3.8) is 0 Å². The molecule has 0 radical (unpaired) electrons. The van der Waals surface area contributed by atoms with E-state index < -0.39 is 0 Å². The molecule has 5 fully saturated rings. The van der Waals surface area contributed by atoms with Gasteiger partial charge in [0.25, 0.3) is 0 Å². The number of fused-ring (bicyclic) bond motifs is 2. The number of carbonyl (C=O) groups is 2. The molecule has 5 heteroatoms. The summed E-state index contributed by atoms with van der Waals surface area (Å²) >= 11 is 0. The van der Waals surface area contributed by atoms with Gasteiger partial charge < -0.3 is 9.47 Å². The summed E-state index contributed by atoms with van der Waals surface area (Å²) in [7, 11) is 0. The van der Waals surface area contributed by atoms with Gasteiger partial charge in [0.05, 0.1) is 11.8 Å². The Kier molecular flexibility index (Phi) is 4.30. The lowest BCUT2D eigenvalue weighted by atomic mass is 9.60. The summed E-state index contributed by atoms with van der Waals surface area (Å²) in [6, 6.07) is 0.865. The van der Waals surface area contributed by atoms with Crippen molar-refractivity contribution in [3.8, 4) is 0 Å². The second kappa shape index (κ2) is 6.47. The lowest BCUT2D eigenvalue weighted by Gasteiger charge is -2.48. The van der Waals surface area contributed by atoms with Crippen LogP contribution >= 0.6 is 0 Å². The van der Waals surface area contributed by atoms with Gasteiger partial charge in [-0.05, 0) is 50.5 Å². The van der Waals surface area contributed by atoms with Gasteiger partial charge in [-0.3, -0.25) is 14.5 Å². The van der Waals surface area contributed by atoms with Crippen LogP contribution in [0.3, 0.4) is 0 Å². The Hall–Kier alpha value is -1.10. The minimum absolute atomic E-state index is 0.00362. The third-order valence-corrected chi connectivity index (χ3v) is 8.61. The Labute approximate surface area is 162 Å². The maximum atomic E-state index is 12.5. The lowest BCUT2D eigenvalue weighted by Crippen LogP contribution is -2.54. The molecule has 0 aromatic rings. The molecule has 4 saturated heterocycles. The first kappa shape index (κ1) is 18.0. The van der Waals surface area contributed by atoms with Gasteiger partial charge in [-0.1, -0.05) is 27.2 Å². The molecule has 150 valence electrons. The molecule has 1 aliphatic carbocycles. The number of ether oxygens (including phenoxy) is 2. The molecule has 5 aliphatic rings. The molecule has 4 aliphatic heterocycles. The summed E-state index contributed by atoms with van der Waals surface area (Å²) in [5, 5.41) is 0. The van der Waals surface area contributed by atoms with Crippen molar-refractivity contribution in [2.24, 2.45) is 35.5 Å². The van der Waals surface area contributed by atoms with Crippen molar-refractivity contribution < 1.29 is 19.1 Å². The van der Waals surface area contributed by atoms with E-state index in [-0.39, 0.29) is 36.0 Å². The number of cyclic esters (lactones) is 1. The van der Waals surface area contributed by atoms with E-state index in [1.165, 1.54) is 19.3 Å². The van der Waals surface area contributed by atoms with Crippen LogP contribution in [-0.4, -0.2) is 47.7 Å². The maximum Gasteiger partial charge on any atom is 0.309 e. The molecule has 4 heterocycles. The number of hydrogen-bond acceptors (Lipinski definition) is 5. The second-order valence-electron chi connectivity index (χ2n) is 9.81. The van der Waals surface area contributed by atoms with Gasteiger partial charge >= 0.3 is 11.9 Å². The number of hydrogen-bond donors (Lipinski definition) is 0.